The molecule has 2 nitrogen and oxygen atoms in total. The molecule has 1 aromatic carbocycles. The minimum atomic E-state index is 0.518. The molecule has 1 aliphatic rings. The molecular weight excluding hydrogens is 232 g/mol. The minimum absolute atomic E-state index is 0.518. The lowest BCUT2D eigenvalue weighted by Crippen LogP contribution is -2.33. The first-order valence-corrected chi connectivity index (χ1v) is 7.53. The number of para-hydroxylation sites is 1. The summed E-state index contributed by atoms with van der Waals surface area (Å²) in [7, 11) is 0. The van der Waals surface area contributed by atoms with Crippen molar-refractivity contribution in [2.75, 3.05) is 6.54 Å². The van der Waals surface area contributed by atoms with Crippen LogP contribution >= 0.6 is 0 Å². The zero-order valence-electron chi connectivity index (χ0n) is 11.8. The normalized spacial score (nSPS) is 18.8. The summed E-state index contributed by atoms with van der Waals surface area (Å²) in [5.74, 6) is 0. The summed E-state index contributed by atoms with van der Waals surface area (Å²) in [6.07, 6.45) is 9.15. The van der Waals surface area contributed by atoms with Gasteiger partial charge in [0.05, 0.1) is 0 Å². The Morgan fingerprint density at radius 2 is 1.95 bits per heavy atom. The topological polar surface area (TPSA) is 27.8 Å². The largest absolute Gasteiger partial charge is 0.361 e. The van der Waals surface area contributed by atoms with E-state index >= 15 is 0 Å². The monoisotopic (exact) mass is 256 g/mol. The molecule has 2 aromatic rings. The average Bonchev–Trinajstić information content (AvgIpc) is 2.83. The fourth-order valence-electron chi connectivity index (χ4n) is 3.36. The van der Waals surface area contributed by atoms with Gasteiger partial charge in [-0.2, -0.15) is 0 Å². The first kappa shape index (κ1) is 12.7. The molecule has 19 heavy (non-hydrogen) atoms. The van der Waals surface area contributed by atoms with Crippen LogP contribution in [0.25, 0.3) is 10.9 Å². The first-order chi connectivity index (χ1) is 9.27. The Morgan fingerprint density at radius 1 is 1.16 bits per heavy atom. The van der Waals surface area contributed by atoms with Crippen LogP contribution in [0, 0.1) is 5.41 Å². The maximum Gasteiger partial charge on any atom is 0.0457 e. The molecule has 0 aliphatic heterocycles. The second-order valence-electron chi connectivity index (χ2n) is 6.33. The van der Waals surface area contributed by atoms with Crippen LogP contribution in [0.5, 0.6) is 0 Å². The number of hydrogen-bond acceptors (Lipinski definition) is 1. The van der Waals surface area contributed by atoms with E-state index in [1.165, 1.54) is 48.6 Å². The van der Waals surface area contributed by atoms with Gasteiger partial charge >= 0.3 is 0 Å². The molecule has 1 saturated carbocycles. The molecule has 0 spiro atoms. The van der Waals surface area contributed by atoms with Crippen LogP contribution in [0.3, 0.4) is 0 Å². The summed E-state index contributed by atoms with van der Waals surface area (Å²) < 4.78 is 0. The number of aromatic amines is 1. The predicted molar refractivity (Wildman–Crippen MR) is 81.2 cm³/mol. The predicted octanol–water partition coefficient (Wildman–Crippen LogP) is 4.23. The summed E-state index contributed by atoms with van der Waals surface area (Å²) >= 11 is 0. The van der Waals surface area contributed by atoms with Gasteiger partial charge in [0.15, 0.2) is 0 Å². The highest BCUT2D eigenvalue weighted by molar-refractivity contribution is 5.82. The Kier molecular flexibility index (Phi) is 3.61. The molecule has 3 rings (SSSR count). The van der Waals surface area contributed by atoms with Crippen LogP contribution in [-0.2, 0) is 6.54 Å². The number of rotatable bonds is 4. The summed E-state index contributed by atoms with van der Waals surface area (Å²) in [5.41, 5.74) is 3.14. The Bertz CT molecular complexity index is 535. The van der Waals surface area contributed by atoms with Gasteiger partial charge in [0.25, 0.3) is 0 Å². The van der Waals surface area contributed by atoms with Crippen molar-refractivity contribution in [3.05, 3.63) is 36.0 Å². The third-order valence-corrected chi connectivity index (χ3v) is 4.60. The van der Waals surface area contributed by atoms with Crippen molar-refractivity contribution in [1.29, 1.82) is 0 Å². The average molecular weight is 256 g/mol. The van der Waals surface area contributed by atoms with E-state index in [9.17, 15) is 0 Å². The molecule has 1 fully saturated rings. The third kappa shape index (κ3) is 2.84. The van der Waals surface area contributed by atoms with E-state index in [4.69, 9.17) is 0 Å². The lowest BCUT2D eigenvalue weighted by atomic mass is 9.76. The van der Waals surface area contributed by atoms with Crippen molar-refractivity contribution in [1.82, 2.24) is 10.3 Å². The fourth-order valence-corrected chi connectivity index (χ4v) is 3.36. The van der Waals surface area contributed by atoms with E-state index in [0.29, 0.717) is 5.41 Å². The lowest BCUT2D eigenvalue weighted by molar-refractivity contribution is 0.207. The van der Waals surface area contributed by atoms with Gasteiger partial charge < -0.3 is 10.3 Å². The van der Waals surface area contributed by atoms with Gasteiger partial charge in [-0.15, -0.1) is 0 Å². The Morgan fingerprint density at radius 3 is 2.79 bits per heavy atom. The molecule has 0 atom stereocenters. The summed E-state index contributed by atoms with van der Waals surface area (Å²) in [4.78, 5) is 3.35. The highest BCUT2D eigenvalue weighted by Gasteiger charge is 2.26. The van der Waals surface area contributed by atoms with Crippen molar-refractivity contribution in [2.24, 2.45) is 5.41 Å². The molecule has 0 amide bonds. The van der Waals surface area contributed by atoms with Crippen molar-refractivity contribution < 1.29 is 0 Å². The van der Waals surface area contributed by atoms with Crippen molar-refractivity contribution in [3.63, 3.8) is 0 Å². The Labute approximate surface area is 115 Å². The molecular formula is C17H24N2. The molecule has 2 N–H and O–H groups in total. The minimum Gasteiger partial charge on any atom is -0.361 e. The molecule has 0 radical (unpaired) electrons. The second kappa shape index (κ2) is 5.38. The van der Waals surface area contributed by atoms with Crippen LogP contribution in [0.4, 0.5) is 0 Å². The lowest BCUT2D eigenvalue weighted by Gasteiger charge is -2.33. The van der Waals surface area contributed by atoms with Gasteiger partial charge in [-0.25, -0.2) is 0 Å². The number of hydrogen-bond donors (Lipinski definition) is 2. The van der Waals surface area contributed by atoms with Crippen molar-refractivity contribution in [2.45, 2.75) is 45.6 Å². The molecule has 2 heteroatoms. The SMILES string of the molecule is CC1(CNCc2c[nH]c3ccccc23)CCCCC1. The number of H-pyrrole nitrogens is 1. The second-order valence-corrected chi connectivity index (χ2v) is 6.33. The Hall–Kier alpha value is -1.28. The van der Waals surface area contributed by atoms with E-state index in [2.05, 4.69) is 47.7 Å². The summed E-state index contributed by atoms with van der Waals surface area (Å²) in [5, 5.41) is 5.02. The zero-order valence-corrected chi connectivity index (χ0v) is 11.8. The van der Waals surface area contributed by atoms with Gasteiger partial charge in [-0.05, 0) is 29.9 Å². The summed E-state index contributed by atoms with van der Waals surface area (Å²) in [6, 6.07) is 8.54. The van der Waals surface area contributed by atoms with Crippen LogP contribution in [0.15, 0.2) is 30.5 Å². The van der Waals surface area contributed by atoms with E-state index in [0.717, 1.165) is 13.1 Å². The molecule has 102 valence electrons. The highest BCUT2D eigenvalue weighted by atomic mass is 14.9. The highest BCUT2D eigenvalue weighted by Crippen LogP contribution is 2.35. The van der Waals surface area contributed by atoms with Crippen LogP contribution in [0.1, 0.15) is 44.6 Å². The van der Waals surface area contributed by atoms with E-state index in [-0.39, 0.29) is 0 Å². The van der Waals surface area contributed by atoms with E-state index in [1.807, 2.05) is 0 Å². The zero-order chi connectivity index (χ0) is 13.1. The number of aromatic nitrogens is 1. The molecule has 0 saturated heterocycles. The van der Waals surface area contributed by atoms with Gasteiger partial charge in [0, 0.05) is 30.2 Å². The molecule has 1 heterocycles. The van der Waals surface area contributed by atoms with Crippen LogP contribution in [0.2, 0.25) is 0 Å². The van der Waals surface area contributed by atoms with Crippen molar-refractivity contribution in [3.8, 4) is 0 Å². The van der Waals surface area contributed by atoms with Gasteiger partial charge in [0.2, 0.25) is 0 Å². The molecule has 0 bridgehead atoms. The Balaban J connectivity index is 1.60. The smallest absolute Gasteiger partial charge is 0.0457 e. The first-order valence-electron chi connectivity index (χ1n) is 7.53. The quantitative estimate of drug-likeness (QED) is 0.842. The summed E-state index contributed by atoms with van der Waals surface area (Å²) in [6.45, 7) is 4.56. The van der Waals surface area contributed by atoms with Gasteiger partial charge in [0.1, 0.15) is 0 Å². The van der Waals surface area contributed by atoms with Gasteiger partial charge in [-0.3, -0.25) is 0 Å². The maximum absolute atomic E-state index is 3.67. The van der Waals surface area contributed by atoms with E-state index in [1.54, 1.807) is 0 Å². The number of nitrogens with one attached hydrogen (secondary N) is 2. The van der Waals surface area contributed by atoms with Crippen LogP contribution in [-0.4, -0.2) is 11.5 Å². The molecule has 1 aromatic heterocycles. The van der Waals surface area contributed by atoms with Gasteiger partial charge in [-0.1, -0.05) is 44.4 Å². The fraction of sp³-hybridized carbons (Fsp3) is 0.529. The molecule has 1 aliphatic carbocycles. The third-order valence-electron chi connectivity index (χ3n) is 4.60. The van der Waals surface area contributed by atoms with Crippen molar-refractivity contribution >= 4 is 10.9 Å². The van der Waals surface area contributed by atoms with Crippen LogP contribution < -0.4 is 5.32 Å². The standard InChI is InChI=1S/C17H24N2/c1-17(9-5-2-6-10-17)13-18-11-14-12-19-16-8-4-3-7-15(14)16/h3-4,7-8,12,18-19H,2,5-6,9-11,13H2,1H3. The molecule has 0 unspecified atom stereocenters. The van der Waals surface area contributed by atoms with E-state index < -0.39 is 0 Å². The number of benzene rings is 1. The maximum atomic E-state index is 3.67. The number of fused-ring (bicyclic) bond motifs is 1.